The quantitative estimate of drug-likeness (QED) is 0.368. The lowest BCUT2D eigenvalue weighted by molar-refractivity contribution is -0.116. The molecular formula is C27H27N5O2S. The molecule has 1 saturated heterocycles. The van der Waals surface area contributed by atoms with E-state index in [2.05, 4.69) is 40.1 Å². The Morgan fingerprint density at radius 3 is 2.63 bits per heavy atom. The average Bonchev–Trinajstić information content (AvgIpc) is 3.56. The number of benzene rings is 1. The number of thiocarbonyl (C=S) groups is 1. The summed E-state index contributed by atoms with van der Waals surface area (Å²) in [5, 5.41) is 6.93. The van der Waals surface area contributed by atoms with Gasteiger partial charge in [0.25, 0.3) is 0 Å². The monoisotopic (exact) mass is 485 g/mol. The van der Waals surface area contributed by atoms with Crippen LogP contribution >= 0.6 is 12.2 Å². The second kappa shape index (κ2) is 9.76. The molecule has 0 unspecified atom stereocenters. The molecule has 35 heavy (non-hydrogen) atoms. The van der Waals surface area contributed by atoms with Gasteiger partial charge in [-0.2, -0.15) is 0 Å². The van der Waals surface area contributed by atoms with E-state index in [-0.39, 0.29) is 24.5 Å². The topological polar surface area (TPSA) is 75.3 Å². The van der Waals surface area contributed by atoms with Crippen molar-refractivity contribution in [3.05, 3.63) is 108 Å². The van der Waals surface area contributed by atoms with Crippen LogP contribution in [0.4, 0.5) is 5.69 Å². The van der Waals surface area contributed by atoms with Gasteiger partial charge in [-0.3, -0.25) is 9.78 Å². The Kier molecular flexibility index (Phi) is 6.37. The molecule has 2 N–H and O–H groups in total. The molecule has 8 heteroatoms. The van der Waals surface area contributed by atoms with Crippen LogP contribution in [0, 0.1) is 13.8 Å². The highest BCUT2D eigenvalue weighted by atomic mass is 32.1. The summed E-state index contributed by atoms with van der Waals surface area (Å²) in [6.07, 6.45) is 3.47. The highest BCUT2D eigenvalue weighted by Gasteiger charge is 2.42. The summed E-state index contributed by atoms with van der Waals surface area (Å²) in [7, 11) is 0. The second-order valence-electron chi connectivity index (χ2n) is 8.66. The number of nitrogens with zero attached hydrogens (tertiary/aromatic N) is 3. The molecule has 1 aliphatic heterocycles. The lowest BCUT2D eigenvalue weighted by atomic mass is 9.96. The summed E-state index contributed by atoms with van der Waals surface area (Å²) in [5.74, 6) is 0.759. The van der Waals surface area contributed by atoms with Gasteiger partial charge in [0.2, 0.25) is 5.91 Å². The molecule has 5 rings (SSSR count). The van der Waals surface area contributed by atoms with E-state index in [4.69, 9.17) is 16.6 Å². The first-order chi connectivity index (χ1) is 17.0. The number of furan rings is 1. The normalized spacial score (nSPS) is 17.4. The van der Waals surface area contributed by atoms with Crippen LogP contribution in [0.2, 0.25) is 0 Å². The molecule has 2 atom stereocenters. The zero-order valence-electron chi connectivity index (χ0n) is 19.6. The van der Waals surface area contributed by atoms with Gasteiger partial charge in [-0.15, -0.1) is 0 Å². The lowest BCUT2D eigenvalue weighted by Crippen LogP contribution is -2.37. The molecule has 1 aromatic carbocycles. The maximum Gasteiger partial charge on any atom is 0.244 e. The number of carbonyl (C=O) groups is 1. The average molecular weight is 486 g/mol. The van der Waals surface area contributed by atoms with Gasteiger partial charge in [-0.05, 0) is 74.1 Å². The zero-order chi connectivity index (χ0) is 24.4. The van der Waals surface area contributed by atoms with Crippen LogP contribution in [0.3, 0.4) is 0 Å². The van der Waals surface area contributed by atoms with Gasteiger partial charge < -0.3 is 24.5 Å². The molecule has 1 aliphatic rings. The van der Waals surface area contributed by atoms with E-state index in [1.165, 1.54) is 0 Å². The van der Waals surface area contributed by atoms with Gasteiger partial charge in [-0.1, -0.05) is 24.3 Å². The molecule has 178 valence electrons. The fourth-order valence-corrected chi connectivity index (χ4v) is 5.03. The van der Waals surface area contributed by atoms with E-state index in [9.17, 15) is 4.79 Å². The summed E-state index contributed by atoms with van der Waals surface area (Å²) < 4.78 is 7.82. The molecule has 4 heterocycles. The van der Waals surface area contributed by atoms with Crippen molar-refractivity contribution < 1.29 is 9.21 Å². The number of hydrogen-bond acceptors (Lipinski definition) is 4. The Balaban J connectivity index is 1.49. The maximum atomic E-state index is 13.0. The number of hydrogen-bond donors (Lipinski definition) is 2. The van der Waals surface area contributed by atoms with E-state index in [0.717, 1.165) is 34.1 Å². The van der Waals surface area contributed by atoms with Gasteiger partial charge in [0.05, 0.1) is 30.6 Å². The van der Waals surface area contributed by atoms with E-state index >= 15 is 0 Å². The number of aryl methyl sites for hydroxylation is 1. The second-order valence-corrected chi connectivity index (χ2v) is 9.05. The van der Waals surface area contributed by atoms with E-state index < -0.39 is 0 Å². The van der Waals surface area contributed by atoms with Crippen LogP contribution in [-0.2, 0) is 11.3 Å². The Morgan fingerprint density at radius 1 is 1.11 bits per heavy atom. The van der Waals surface area contributed by atoms with E-state index in [1.54, 1.807) is 12.5 Å². The Labute approximate surface area is 209 Å². The van der Waals surface area contributed by atoms with Crippen molar-refractivity contribution in [2.24, 2.45) is 0 Å². The number of aromatic nitrogens is 2. The van der Waals surface area contributed by atoms with Gasteiger partial charge in [0, 0.05) is 23.3 Å². The van der Waals surface area contributed by atoms with E-state index in [0.29, 0.717) is 11.7 Å². The van der Waals surface area contributed by atoms with Gasteiger partial charge in [0.15, 0.2) is 5.11 Å². The fourth-order valence-electron chi connectivity index (χ4n) is 4.72. The Hall–Kier alpha value is -3.91. The van der Waals surface area contributed by atoms with Gasteiger partial charge >= 0.3 is 0 Å². The minimum atomic E-state index is -0.199. The van der Waals surface area contributed by atoms with Crippen molar-refractivity contribution in [2.75, 3.05) is 11.9 Å². The summed E-state index contributed by atoms with van der Waals surface area (Å²) in [5.41, 5.74) is 4.95. The molecule has 0 spiro atoms. The molecule has 4 aromatic rings. The summed E-state index contributed by atoms with van der Waals surface area (Å²) >= 11 is 5.74. The number of anilines is 1. The van der Waals surface area contributed by atoms with Crippen LogP contribution < -0.4 is 10.6 Å². The molecule has 0 bridgehead atoms. The van der Waals surface area contributed by atoms with Crippen molar-refractivity contribution >= 4 is 28.9 Å². The lowest BCUT2D eigenvalue weighted by Gasteiger charge is -2.27. The van der Waals surface area contributed by atoms with Crippen LogP contribution in [0.25, 0.3) is 0 Å². The Bertz CT molecular complexity index is 1320. The third-order valence-corrected chi connectivity index (χ3v) is 6.75. The number of rotatable bonds is 7. The summed E-state index contributed by atoms with van der Waals surface area (Å²) in [6.45, 7) is 4.95. The van der Waals surface area contributed by atoms with Crippen LogP contribution in [0.15, 0.2) is 83.6 Å². The third-order valence-electron chi connectivity index (χ3n) is 6.39. The molecule has 1 fully saturated rings. The number of para-hydroxylation sites is 1. The molecule has 7 nitrogen and oxygen atoms in total. The highest BCUT2D eigenvalue weighted by molar-refractivity contribution is 7.80. The van der Waals surface area contributed by atoms with Gasteiger partial charge in [-0.25, -0.2) is 0 Å². The first kappa shape index (κ1) is 22.9. The third kappa shape index (κ3) is 4.70. The van der Waals surface area contributed by atoms with Crippen LogP contribution in [-0.4, -0.2) is 32.0 Å². The predicted molar refractivity (Wildman–Crippen MR) is 139 cm³/mol. The van der Waals surface area contributed by atoms with Crippen LogP contribution in [0.1, 0.15) is 40.5 Å². The first-order valence-electron chi connectivity index (χ1n) is 11.5. The molecule has 0 saturated carbocycles. The highest BCUT2D eigenvalue weighted by Crippen LogP contribution is 2.40. The SMILES string of the molecule is Cc1cc([C@@H]2[C@@H](c3ccccn3)NC(=S)N2CC(=O)Nc2ccccc2)c(C)n1Cc1ccco1. The number of pyridine rings is 1. The number of carbonyl (C=O) groups excluding carboxylic acids is 1. The minimum Gasteiger partial charge on any atom is -0.467 e. The van der Waals surface area contributed by atoms with Gasteiger partial charge in [0.1, 0.15) is 12.3 Å². The standard InChI is InChI=1S/C27H27N5O2S/c1-18-15-22(19(2)31(18)16-21-11-8-14-34-21)26-25(23-12-6-7-13-28-23)30-27(35)32(26)17-24(33)29-20-9-4-3-5-10-20/h3-15,25-26H,16-17H2,1-2H3,(H,29,33)(H,30,35)/t25-,26-/m1/s1. The summed E-state index contributed by atoms with van der Waals surface area (Å²) in [6, 6.07) is 21.0. The number of amides is 1. The molecular weight excluding hydrogens is 458 g/mol. The molecule has 3 aromatic heterocycles. The zero-order valence-corrected chi connectivity index (χ0v) is 20.5. The van der Waals surface area contributed by atoms with E-state index in [1.807, 2.05) is 65.6 Å². The minimum absolute atomic E-state index is 0.122. The predicted octanol–water partition coefficient (Wildman–Crippen LogP) is 4.75. The van der Waals surface area contributed by atoms with Crippen molar-refractivity contribution in [3.63, 3.8) is 0 Å². The van der Waals surface area contributed by atoms with Crippen molar-refractivity contribution in [1.29, 1.82) is 0 Å². The van der Waals surface area contributed by atoms with Crippen LogP contribution in [0.5, 0.6) is 0 Å². The molecule has 0 aliphatic carbocycles. The Morgan fingerprint density at radius 2 is 1.91 bits per heavy atom. The largest absolute Gasteiger partial charge is 0.467 e. The first-order valence-corrected chi connectivity index (χ1v) is 11.9. The van der Waals surface area contributed by atoms with Crippen molar-refractivity contribution in [3.8, 4) is 0 Å². The summed E-state index contributed by atoms with van der Waals surface area (Å²) in [4.78, 5) is 19.6. The molecule has 0 radical (unpaired) electrons. The van der Waals surface area contributed by atoms with Crippen molar-refractivity contribution in [1.82, 2.24) is 19.8 Å². The molecule has 1 amide bonds. The number of nitrogens with one attached hydrogen (secondary N) is 2. The van der Waals surface area contributed by atoms with Crippen molar-refractivity contribution in [2.45, 2.75) is 32.5 Å². The maximum absolute atomic E-state index is 13.0. The fraction of sp³-hybridized carbons (Fsp3) is 0.222. The smallest absolute Gasteiger partial charge is 0.244 e.